The number of fused-ring (bicyclic) bond motifs is 1. The summed E-state index contributed by atoms with van der Waals surface area (Å²) in [4.78, 5) is 21.2. The zero-order valence-corrected chi connectivity index (χ0v) is 16.6. The van der Waals surface area contributed by atoms with Crippen molar-refractivity contribution in [3.63, 3.8) is 0 Å². The van der Waals surface area contributed by atoms with Crippen molar-refractivity contribution in [3.8, 4) is 11.6 Å². The summed E-state index contributed by atoms with van der Waals surface area (Å²) in [6.45, 7) is 0.632. The van der Waals surface area contributed by atoms with E-state index in [1.807, 2.05) is 42.5 Å². The molecular formula is C22H19ClN4O2. The smallest absolute Gasteiger partial charge is 0.262 e. The van der Waals surface area contributed by atoms with Crippen molar-refractivity contribution in [2.75, 3.05) is 11.9 Å². The summed E-state index contributed by atoms with van der Waals surface area (Å²) in [7, 11) is 1.70. The molecule has 0 fully saturated rings. The number of pyridine rings is 1. The lowest BCUT2D eigenvalue weighted by atomic mass is 10.1. The molecule has 0 saturated heterocycles. The molecule has 4 rings (SSSR count). The Labute approximate surface area is 172 Å². The Kier molecular flexibility index (Phi) is 5.44. The number of benzene rings is 2. The number of nitrogens with zero attached hydrogens (tertiary/aromatic N) is 3. The third-order valence-corrected chi connectivity index (χ3v) is 4.75. The van der Waals surface area contributed by atoms with Crippen LogP contribution < -0.4 is 15.6 Å². The van der Waals surface area contributed by atoms with E-state index >= 15 is 0 Å². The third-order valence-electron chi connectivity index (χ3n) is 4.52. The molecule has 4 aromatic rings. The van der Waals surface area contributed by atoms with E-state index in [0.717, 1.165) is 17.7 Å². The standard InChI is InChI=1S/C22H19ClN4O2/c1-27-21(28)18-10-7-16(23)14-19(18)26-22(27)25-13-11-15-5-8-17(9-6-15)29-20-4-2-3-12-24-20/h2-10,12,14H,11,13H2,1H3,(H,25,26). The van der Waals surface area contributed by atoms with Crippen molar-refractivity contribution < 1.29 is 4.74 Å². The first-order chi connectivity index (χ1) is 14.1. The second kappa shape index (κ2) is 8.32. The molecule has 0 aliphatic rings. The van der Waals surface area contributed by atoms with Crippen molar-refractivity contribution in [1.29, 1.82) is 0 Å². The number of ether oxygens (including phenoxy) is 1. The van der Waals surface area contributed by atoms with Gasteiger partial charge < -0.3 is 10.1 Å². The molecule has 0 aliphatic carbocycles. The molecule has 2 aromatic heterocycles. The SMILES string of the molecule is Cn1c(NCCc2ccc(Oc3ccccn3)cc2)nc2cc(Cl)ccc2c1=O. The Bertz CT molecular complexity index is 1190. The van der Waals surface area contributed by atoms with Crippen molar-refractivity contribution in [2.45, 2.75) is 6.42 Å². The summed E-state index contributed by atoms with van der Waals surface area (Å²) in [5.41, 5.74) is 1.61. The maximum Gasteiger partial charge on any atom is 0.262 e. The number of hydrogen-bond acceptors (Lipinski definition) is 5. The maximum absolute atomic E-state index is 12.5. The molecule has 2 aromatic carbocycles. The van der Waals surface area contributed by atoms with E-state index in [9.17, 15) is 4.79 Å². The summed E-state index contributed by atoms with van der Waals surface area (Å²) >= 11 is 6.03. The van der Waals surface area contributed by atoms with Gasteiger partial charge in [-0.15, -0.1) is 0 Å². The molecule has 1 N–H and O–H groups in total. The van der Waals surface area contributed by atoms with E-state index in [4.69, 9.17) is 16.3 Å². The molecule has 0 unspecified atom stereocenters. The summed E-state index contributed by atoms with van der Waals surface area (Å²) < 4.78 is 7.21. The van der Waals surface area contributed by atoms with Gasteiger partial charge in [-0.25, -0.2) is 9.97 Å². The van der Waals surface area contributed by atoms with Gasteiger partial charge in [0.15, 0.2) is 0 Å². The average molecular weight is 407 g/mol. The topological polar surface area (TPSA) is 69.0 Å². The molecule has 0 spiro atoms. The zero-order valence-electron chi connectivity index (χ0n) is 15.8. The van der Waals surface area contributed by atoms with Crippen molar-refractivity contribution in [2.24, 2.45) is 7.05 Å². The first kappa shape index (κ1) is 19.0. The van der Waals surface area contributed by atoms with Crippen molar-refractivity contribution in [1.82, 2.24) is 14.5 Å². The van der Waals surface area contributed by atoms with Crippen LogP contribution in [-0.2, 0) is 13.5 Å². The fourth-order valence-corrected chi connectivity index (χ4v) is 3.14. The molecule has 7 heteroatoms. The van der Waals surface area contributed by atoms with Crippen LogP contribution in [0.1, 0.15) is 5.56 Å². The monoisotopic (exact) mass is 406 g/mol. The van der Waals surface area contributed by atoms with E-state index < -0.39 is 0 Å². The van der Waals surface area contributed by atoms with Gasteiger partial charge in [-0.05, 0) is 48.4 Å². The molecule has 0 saturated carbocycles. The lowest BCUT2D eigenvalue weighted by Gasteiger charge is -2.11. The minimum Gasteiger partial charge on any atom is -0.439 e. The Morgan fingerprint density at radius 3 is 2.69 bits per heavy atom. The van der Waals surface area contributed by atoms with E-state index in [1.165, 1.54) is 4.57 Å². The van der Waals surface area contributed by atoms with Crippen LogP contribution in [0.15, 0.2) is 71.7 Å². The van der Waals surface area contributed by atoms with E-state index in [-0.39, 0.29) is 5.56 Å². The fraction of sp³-hybridized carbons (Fsp3) is 0.136. The van der Waals surface area contributed by atoms with Crippen LogP contribution in [0.2, 0.25) is 5.02 Å². The van der Waals surface area contributed by atoms with Gasteiger partial charge in [0.05, 0.1) is 10.9 Å². The Hall–Kier alpha value is -3.38. The Morgan fingerprint density at radius 2 is 1.93 bits per heavy atom. The molecule has 0 amide bonds. The first-order valence-corrected chi connectivity index (χ1v) is 9.56. The minimum absolute atomic E-state index is 0.106. The summed E-state index contributed by atoms with van der Waals surface area (Å²) in [6, 6.07) is 18.5. The molecule has 29 heavy (non-hydrogen) atoms. The molecule has 0 bridgehead atoms. The Balaban J connectivity index is 1.41. The first-order valence-electron chi connectivity index (χ1n) is 9.18. The highest BCUT2D eigenvalue weighted by atomic mass is 35.5. The molecule has 0 aliphatic heterocycles. The number of nitrogens with one attached hydrogen (secondary N) is 1. The average Bonchev–Trinajstić information content (AvgIpc) is 2.73. The van der Waals surface area contributed by atoms with Crippen molar-refractivity contribution >= 4 is 28.5 Å². The normalized spacial score (nSPS) is 10.8. The van der Waals surface area contributed by atoms with E-state index in [2.05, 4.69) is 15.3 Å². The Morgan fingerprint density at radius 1 is 1.10 bits per heavy atom. The van der Waals surface area contributed by atoms with Gasteiger partial charge in [-0.2, -0.15) is 0 Å². The highest BCUT2D eigenvalue weighted by Gasteiger charge is 2.08. The fourth-order valence-electron chi connectivity index (χ4n) is 2.97. The van der Waals surface area contributed by atoms with Crippen LogP contribution in [0.5, 0.6) is 11.6 Å². The predicted octanol–water partition coefficient (Wildman–Crippen LogP) is 4.43. The predicted molar refractivity (Wildman–Crippen MR) is 115 cm³/mol. The summed E-state index contributed by atoms with van der Waals surface area (Å²) in [5, 5.41) is 4.34. The van der Waals surface area contributed by atoms with E-state index in [0.29, 0.717) is 34.3 Å². The van der Waals surface area contributed by atoms with Crippen LogP contribution in [-0.4, -0.2) is 21.1 Å². The summed E-state index contributed by atoms with van der Waals surface area (Å²) in [5.74, 6) is 1.81. The molecular weight excluding hydrogens is 388 g/mol. The molecule has 6 nitrogen and oxygen atoms in total. The maximum atomic E-state index is 12.5. The van der Waals surface area contributed by atoms with Gasteiger partial charge in [-0.3, -0.25) is 9.36 Å². The minimum atomic E-state index is -0.106. The number of aromatic nitrogens is 3. The number of anilines is 1. The quantitative estimate of drug-likeness (QED) is 0.513. The van der Waals surface area contributed by atoms with Crippen LogP contribution in [0.3, 0.4) is 0 Å². The van der Waals surface area contributed by atoms with Gasteiger partial charge >= 0.3 is 0 Å². The zero-order chi connectivity index (χ0) is 20.2. The van der Waals surface area contributed by atoms with Gasteiger partial charge in [0, 0.05) is 30.9 Å². The number of hydrogen-bond donors (Lipinski definition) is 1. The van der Waals surface area contributed by atoms with Crippen LogP contribution >= 0.6 is 11.6 Å². The lowest BCUT2D eigenvalue weighted by molar-refractivity contribution is 0.463. The van der Waals surface area contributed by atoms with Crippen molar-refractivity contribution in [3.05, 3.63) is 87.8 Å². The van der Waals surface area contributed by atoms with Crippen LogP contribution in [0, 0.1) is 0 Å². The van der Waals surface area contributed by atoms with E-state index in [1.54, 1.807) is 31.4 Å². The van der Waals surface area contributed by atoms with Gasteiger partial charge in [0.1, 0.15) is 5.75 Å². The molecule has 0 atom stereocenters. The van der Waals surface area contributed by atoms with Gasteiger partial charge in [-0.1, -0.05) is 29.8 Å². The second-order valence-electron chi connectivity index (χ2n) is 6.55. The second-order valence-corrected chi connectivity index (χ2v) is 6.99. The van der Waals surface area contributed by atoms with Gasteiger partial charge in [0.2, 0.25) is 11.8 Å². The summed E-state index contributed by atoms with van der Waals surface area (Å²) in [6.07, 6.45) is 2.46. The van der Waals surface area contributed by atoms with Gasteiger partial charge in [0.25, 0.3) is 5.56 Å². The molecule has 0 radical (unpaired) electrons. The van der Waals surface area contributed by atoms with Crippen LogP contribution in [0.25, 0.3) is 10.9 Å². The lowest BCUT2D eigenvalue weighted by Crippen LogP contribution is -2.23. The number of rotatable bonds is 6. The third kappa shape index (κ3) is 4.38. The number of halogens is 1. The van der Waals surface area contributed by atoms with Crippen LogP contribution in [0.4, 0.5) is 5.95 Å². The molecule has 2 heterocycles. The molecule has 146 valence electrons. The largest absolute Gasteiger partial charge is 0.439 e. The highest BCUT2D eigenvalue weighted by Crippen LogP contribution is 2.20. The highest BCUT2D eigenvalue weighted by molar-refractivity contribution is 6.31.